The molecule has 3 nitrogen and oxygen atoms in total. The minimum Gasteiger partial charge on any atom is -0.388 e. The molecule has 0 aromatic heterocycles. The van der Waals surface area contributed by atoms with E-state index in [0.717, 1.165) is 13.1 Å². The number of hydrogen-bond donors (Lipinski definition) is 2. The van der Waals surface area contributed by atoms with Gasteiger partial charge in [-0.3, -0.25) is 0 Å². The molecule has 0 aromatic rings. The SMILES string of the molecule is C[C@@H]1CNC[C@H](C(C)(C)O)O1. The lowest BCUT2D eigenvalue weighted by Crippen LogP contribution is -2.52. The molecule has 1 rings (SSSR count). The smallest absolute Gasteiger partial charge is 0.0984 e. The van der Waals surface area contributed by atoms with Gasteiger partial charge in [-0.25, -0.2) is 0 Å². The molecular weight excluding hydrogens is 142 g/mol. The van der Waals surface area contributed by atoms with Crippen molar-refractivity contribution in [2.24, 2.45) is 0 Å². The first-order chi connectivity index (χ1) is 5.00. The maximum Gasteiger partial charge on any atom is 0.0984 e. The van der Waals surface area contributed by atoms with E-state index in [0.29, 0.717) is 0 Å². The van der Waals surface area contributed by atoms with Gasteiger partial charge in [-0.1, -0.05) is 0 Å². The van der Waals surface area contributed by atoms with Crippen LogP contribution in [0.5, 0.6) is 0 Å². The number of rotatable bonds is 1. The molecule has 0 unspecified atom stereocenters. The molecule has 0 aromatic carbocycles. The van der Waals surface area contributed by atoms with E-state index < -0.39 is 5.60 Å². The first-order valence-corrected chi connectivity index (χ1v) is 4.08. The molecule has 1 heterocycles. The van der Waals surface area contributed by atoms with Crippen molar-refractivity contribution in [3.05, 3.63) is 0 Å². The van der Waals surface area contributed by atoms with Gasteiger partial charge < -0.3 is 15.2 Å². The fraction of sp³-hybridized carbons (Fsp3) is 1.00. The zero-order valence-electron chi connectivity index (χ0n) is 7.42. The molecule has 0 amide bonds. The zero-order valence-corrected chi connectivity index (χ0v) is 7.42. The van der Waals surface area contributed by atoms with Gasteiger partial charge in [0.25, 0.3) is 0 Å². The average molecular weight is 159 g/mol. The molecule has 0 bridgehead atoms. The molecule has 11 heavy (non-hydrogen) atoms. The zero-order chi connectivity index (χ0) is 8.48. The van der Waals surface area contributed by atoms with Crippen LogP contribution in [0.3, 0.4) is 0 Å². The van der Waals surface area contributed by atoms with Crippen LogP contribution in [0.1, 0.15) is 20.8 Å². The Balaban J connectivity index is 2.46. The van der Waals surface area contributed by atoms with E-state index in [1.165, 1.54) is 0 Å². The van der Waals surface area contributed by atoms with Gasteiger partial charge in [0.2, 0.25) is 0 Å². The molecule has 0 aliphatic carbocycles. The van der Waals surface area contributed by atoms with Crippen molar-refractivity contribution in [1.82, 2.24) is 5.32 Å². The average Bonchev–Trinajstić information content (AvgIpc) is 1.86. The van der Waals surface area contributed by atoms with Crippen LogP contribution in [0.15, 0.2) is 0 Å². The second kappa shape index (κ2) is 3.09. The van der Waals surface area contributed by atoms with Crippen LogP contribution in [0.25, 0.3) is 0 Å². The molecule has 1 aliphatic rings. The Hall–Kier alpha value is -0.120. The third-order valence-electron chi connectivity index (χ3n) is 1.95. The van der Waals surface area contributed by atoms with E-state index in [1.807, 2.05) is 6.92 Å². The summed E-state index contributed by atoms with van der Waals surface area (Å²) in [5.41, 5.74) is -0.734. The topological polar surface area (TPSA) is 41.5 Å². The molecule has 0 spiro atoms. The molecule has 66 valence electrons. The summed E-state index contributed by atoms with van der Waals surface area (Å²) in [5, 5.41) is 12.8. The maximum absolute atomic E-state index is 9.60. The number of ether oxygens (including phenoxy) is 1. The highest BCUT2D eigenvalue weighted by Gasteiger charge is 2.31. The molecule has 1 fully saturated rings. The lowest BCUT2D eigenvalue weighted by atomic mass is 10.0. The van der Waals surface area contributed by atoms with Crippen LogP contribution in [0.4, 0.5) is 0 Å². The number of nitrogens with one attached hydrogen (secondary N) is 1. The molecule has 0 saturated carbocycles. The number of hydrogen-bond acceptors (Lipinski definition) is 3. The molecule has 3 heteroatoms. The minimum absolute atomic E-state index is 0.0775. The van der Waals surface area contributed by atoms with Gasteiger partial charge in [0.1, 0.15) is 0 Å². The summed E-state index contributed by atoms with van der Waals surface area (Å²) in [6.07, 6.45) is 0.131. The summed E-state index contributed by atoms with van der Waals surface area (Å²) in [5.74, 6) is 0. The quantitative estimate of drug-likeness (QED) is 0.571. The Labute approximate surface area is 67.7 Å². The van der Waals surface area contributed by atoms with Crippen LogP contribution in [0.2, 0.25) is 0 Å². The molecule has 0 radical (unpaired) electrons. The third-order valence-corrected chi connectivity index (χ3v) is 1.95. The van der Waals surface area contributed by atoms with Gasteiger partial charge in [-0.05, 0) is 20.8 Å². The molecule has 1 saturated heterocycles. The van der Waals surface area contributed by atoms with E-state index in [2.05, 4.69) is 5.32 Å². The van der Waals surface area contributed by atoms with Crippen molar-refractivity contribution in [3.63, 3.8) is 0 Å². The summed E-state index contributed by atoms with van der Waals surface area (Å²) >= 11 is 0. The highest BCUT2D eigenvalue weighted by Crippen LogP contribution is 2.15. The molecule has 2 atom stereocenters. The summed E-state index contributed by atoms with van der Waals surface area (Å²) in [7, 11) is 0. The maximum atomic E-state index is 9.60. The Bertz CT molecular complexity index is 131. The minimum atomic E-state index is -0.734. The Morgan fingerprint density at radius 3 is 2.45 bits per heavy atom. The summed E-state index contributed by atoms with van der Waals surface area (Å²) in [4.78, 5) is 0. The van der Waals surface area contributed by atoms with E-state index in [1.54, 1.807) is 13.8 Å². The summed E-state index contributed by atoms with van der Waals surface area (Å²) in [6, 6.07) is 0. The van der Waals surface area contributed by atoms with E-state index >= 15 is 0 Å². The Kier molecular flexibility index (Phi) is 2.52. The highest BCUT2D eigenvalue weighted by atomic mass is 16.5. The predicted octanol–water partition coefficient (Wildman–Crippen LogP) is 0.134. The number of aliphatic hydroxyl groups is 1. The predicted molar refractivity (Wildman–Crippen MR) is 43.5 cm³/mol. The van der Waals surface area contributed by atoms with Crippen LogP contribution in [-0.4, -0.2) is 36.0 Å². The lowest BCUT2D eigenvalue weighted by molar-refractivity contribution is -0.127. The van der Waals surface area contributed by atoms with Crippen molar-refractivity contribution < 1.29 is 9.84 Å². The van der Waals surface area contributed by atoms with Gasteiger partial charge in [-0.2, -0.15) is 0 Å². The second-order valence-corrected chi connectivity index (χ2v) is 3.75. The fourth-order valence-electron chi connectivity index (χ4n) is 1.21. The first kappa shape index (κ1) is 8.97. The van der Waals surface area contributed by atoms with Gasteiger partial charge in [-0.15, -0.1) is 0 Å². The lowest BCUT2D eigenvalue weighted by Gasteiger charge is -2.36. The monoisotopic (exact) mass is 159 g/mol. The van der Waals surface area contributed by atoms with Crippen molar-refractivity contribution in [2.45, 2.75) is 38.6 Å². The Morgan fingerprint density at radius 1 is 1.45 bits per heavy atom. The first-order valence-electron chi connectivity index (χ1n) is 4.08. The van der Waals surface area contributed by atoms with Crippen LogP contribution in [-0.2, 0) is 4.74 Å². The normalized spacial score (nSPS) is 33.8. The van der Waals surface area contributed by atoms with Gasteiger partial charge in [0.05, 0.1) is 17.8 Å². The number of morpholine rings is 1. The van der Waals surface area contributed by atoms with E-state index in [-0.39, 0.29) is 12.2 Å². The highest BCUT2D eigenvalue weighted by molar-refractivity contribution is 4.84. The second-order valence-electron chi connectivity index (χ2n) is 3.75. The molecule has 1 aliphatic heterocycles. The summed E-state index contributed by atoms with van der Waals surface area (Å²) in [6.45, 7) is 7.18. The van der Waals surface area contributed by atoms with Crippen molar-refractivity contribution in [2.75, 3.05) is 13.1 Å². The van der Waals surface area contributed by atoms with Gasteiger partial charge in [0.15, 0.2) is 0 Å². The molecule has 2 N–H and O–H groups in total. The third kappa shape index (κ3) is 2.43. The largest absolute Gasteiger partial charge is 0.388 e. The van der Waals surface area contributed by atoms with Gasteiger partial charge in [0, 0.05) is 13.1 Å². The van der Waals surface area contributed by atoms with Crippen LogP contribution in [0, 0.1) is 0 Å². The van der Waals surface area contributed by atoms with Crippen molar-refractivity contribution >= 4 is 0 Å². The Morgan fingerprint density at radius 2 is 2.09 bits per heavy atom. The van der Waals surface area contributed by atoms with E-state index in [4.69, 9.17) is 4.74 Å². The molecular formula is C8H17NO2. The van der Waals surface area contributed by atoms with Crippen molar-refractivity contribution in [1.29, 1.82) is 0 Å². The van der Waals surface area contributed by atoms with Crippen molar-refractivity contribution in [3.8, 4) is 0 Å². The standard InChI is InChI=1S/C8H17NO2/c1-6-4-9-5-7(11-6)8(2,3)10/h6-7,9-10H,4-5H2,1-3H3/t6-,7-/m1/s1. The fourth-order valence-corrected chi connectivity index (χ4v) is 1.21. The van der Waals surface area contributed by atoms with E-state index in [9.17, 15) is 5.11 Å². The van der Waals surface area contributed by atoms with Gasteiger partial charge >= 0.3 is 0 Å². The van der Waals surface area contributed by atoms with Crippen LogP contribution >= 0.6 is 0 Å². The van der Waals surface area contributed by atoms with Crippen LogP contribution < -0.4 is 5.32 Å². The summed E-state index contributed by atoms with van der Waals surface area (Å²) < 4.78 is 5.54.